The summed E-state index contributed by atoms with van der Waals surface area (Å²) < 4.78 is 12.7. The van der Waals surface area contributed by atoms with Crippen LogP contribution in [0.3, 0.4) is 0 Å². The van der Waals surface area contributed by atoms with Crippen molar-refractivity contribution >= 4 is 23.2 Å². The van der Waals surface area contributed by atoms with Gasteiger partial charge in [-0.15, -0.1) is 11.6 Å². The quantitative estimate of drug-likeness (QED) is 0.781. The number of hydrogen-bond donors (Lipinski definition) is 1. The van der Waals surface area contributed by atoms with Gasteiger partial charge in [0, 0.05) is 11.9 Å². The fraction of sp³-hybridized carbons (Fsp3) is 0.333. The van der Waals surface area contributed by atoms with Crippen LogP contribution in [0.1, 0.15) is 18.0 Å². The van der Waals surface area contributed by atoms with Crippen molar-refractivity contribution in [1.29, 1.82) is 0 Å². The maximum atomic E-state index is 12.7. The van der Waals surface area contributed by atoms with Crippen molar-refractivity contribution in [3.8, 4) is 0 Å². The normalized spacial score (nSPS) is 12.9. The van der Waals surface area contributed by atoms with Crippen molar-refractivity contribution in [3.63, 3.8) is 0 Å². The zero-order valence-corrected chi connectivity index (χ0v) is 8.45. The second-order valence-corrected chi connectivity index (χ2v) is 3.54. The highest BCUT2D eigenvalue weighted by molar-refractivity contribution is 6.30. The summed E-state index contributed by atoms with van der Waals surface area (Å²) in [6.45, 7) is 0. The molecule has 0 aromatic heterocycles. The van der Waals surface area contributed by atoms with Gasteiger partial charge < -0.3 is 5.73 Å². The summed E-state index contributed by atoms with van der Waals surface area (Å²) in [5.74, 6) is 0.0550. The lowest BCUT2D eigenvalue weighted by molar-refractivity contribution is 0.624. The van der Waals surface area contributed by atoms with Crippen LogP contribution in [0.15, 0.2) is 18.2 Å². The second-order valence-electron chi connectivity index (χ2n) is 2.76. The summed E-state index contributed by atoms with van der Waals surface area (Å²) in [5, 5.41) is 0.0996. The molecule has 1 nitrogen and oxygen atoms in total. The average Bonchev–Trinajstić information content (AvgIpc) is 2.10. The fourth-order valence-corrected chi connectivity index (χ4v) is 1.45. The molecular weight excluding hydrogens is 212 g/mol. The predicted molar refractivity (Wildman–Crippen MR) is 53.7 cm³/mol. The molecule has 0 aliphatic carbocycles. The Morgan fingerprint density at radius 3 is 2.69 bits per heavy atom. The molecule has 0 radical (unpaired) electrons. The van der Waals surface area contributed by atoms with E-state index in [1.54, 1.807) is 6.07 Å². The number of benzene rings is 1. The molecule has 13 heavy (non-hydrogen) atoms. The maximum Gasteiger partial charge on any atom is 0.141 e. The highest BCUT2D eigenvalue weighted by Gasteiger charge is 2.07. The molecule has 0 saturated carbocycles. The van der Waals surface area contributed by atoms with Crippen LogP contribution in [0.2, 0.25) is 5.02 Å². The van der Waals surface area contributed by atoms with Gasteiger partial charge in [-0.3, -0.25) is 0 Å². The minimum Gasteiger partial charge on any atom is -0.324 e. The van der Waals surface area contributed by atoms with Gasteiger partial charge in [0.05, 0.1) is 5.02 Å². The van der Waals surface area contributed by atoms with E-state index in [-0.39, 0.29) is 11.1 Å². The van der Waals surface area contributed by atoms with Crippen molar-refractivity contribution in [1.82, 2.24) is 0 Å². The van der Waals surface area contributed by atoms with Gasteiger partial charge in [0.1, 0.15) is 5.82 Å². The standard InChI is InChI=1S/C9H10Cl2FN/c10-4-3-9(13)6-1-2-8(12)7(11)5-6/h1-2,5,9H,3-4,13H2. The molecular formula is C9H10Cl2FN. The van der Waals surface area contributed by atoms with E-state index in [1.807, 2.05) is 0 Å². The Kier molecular flexibility index (Phi) is 3.97. The molecule has 1 aromatic rings. The molecule has 1 atom stereocenters. The Morgan fingerprint density at radius 2 is 2.15 bits per heavy atom. The summed E-state index contributed by atoms with van der Waals surface area (Å²) in [7, 11) is 0. The number of hydrogen-bond acceptors (Lipinski definition) is 1. The number of rotatable bonds is 3. The van der Waals surface area contributed by atoms with E-state index in [0.29, 0.717) is 12.3 Å². The largest absolute Gasteiger partial charge is 0.324 e. The summed E-state index contributed by atoms with van der Waals surface area (Å²) in [4.78, 5) is 0. The zero-order chi connectivity index (χ0) is 9.84. The van der Waals surface area contributed by atoms with Crippen molar-refractivity contribution in [2.24, 2.45) is 5.73 Å². The van der Waals surface area contributed by atoms with Gasteiger partial charge in [-0.05, 0) is 24.1 Å². The fourth-order valence-electron chi connectivity index (χ4n) is 1.03. The van der Waals surface area contributed by atoms with Crippen LogP contribution in [0.4, 0.5) is 4.39 Å². The van der Waals surface area contributed by atoms with E-state index >= 15 is 0 Å². The zero-order valence-electron chi connectivity index (χ0n) is 6.93. The topological polar surface area (TPSA) is 26.0 Å². The van der Waals surface area contributed by atoms with Gasteiger partial charge in [0.15, 0.2) is 0 Å². The van der Waals surface area contributed by atoms with E-state index in [2.05, 4.69) is 0 Å². The van der Waals surface area contributed by atoms with Crippen LogP contribution < -0.4 is 5.73 Å². The average molecular weight is 222 g/mol. The van der Waals surface area contributed by atoms with Gasteiger partial charge in [-0.1, -0.05) is 17.7 Å². The van der Waals surface area contributed by atoms with Crippen LogP contribution in [-0.2, 0) is 0 Å². The minimum absolute atomic E-state index is 0.0996. The number of alkyl halides is 1. The van der Waals surface area contributed by atoms with Gasteiger partial charge in [-0.25, -0.2) is 4.39 Å². The third kappa shape index (κ3) is 2.83. The minimum atomic E-state index is -0.427. The third-order valence-corrected chi connectivity index (χ3v) is 2.30. The number of halogens is 3. The van der Waals surface area contributed by atoms with E-state index in [4.69, 9.17) is 28.9 Å². The van der Waals surface area contributed by atoms with Gasteiger partial charge in [0.2, 0.25) is 0 Å². The third-order valence-electron chi connectivity index (χ3n) is 1.79. The Hall–Kier alpha value is -0.310. The van der Waals surface area contributed by atoms with Crippen molar-refractivity contribution in [2.45, 2.75) is 12.5 Å². The summed E-state index contributed by atoms with van der Waals surface area (Å²) in [5.41, 5.74) is 6.57. The Bertz CT molecular complexity index is 291. The molecule has 0 amide bonds. The highest BCUT2D eigenvalue weighted by atomic mass is 35.5. The first-order valence-electron chi connectivity index (χ1n) is 3.91. The van der Waals surface area contributed by atoms with Crippen molar-refractivity contribution < 1.29 is 4.39 Å². The lowest BCUT2D eigenvalue weighted by Gasteiger charge is -2.10. The highest BCUT2D eigenvalue weighted by Crippen LogP contribution is 2.21. The van der Waals surface area contributed by atoms with Gasteiger partial charge in [-0.2, -0.15) is 0 Å². The number of nitrogens with two attached hydrogens (primary N) is 1. The van der Waals surface area contributed by atoms with E-state index < -0.39 is 5.82 Å². The molecule has 2 N–H and O–H groups in total. The first-order valence-corrected chi connectivity index (χ1v) is 4.83. The lowest BCUT2D eigenvalue weighted by Crippen LogP contribution is -2.10. The maximum absolute atomic E-state index is 12.7. The SMILES string of the molecule is NC(CCCl)c1ccc(F)c(Cl)c1. The molecule has 1 rings (SSSR count). The van der Waals surface area contributed by atoms with E-state index in [1.165, 1.54) is 12.1 Å². The molecule has 0 aliphatic heterocycles. The molecule has 4 heteroatoms. The van der Waals surface area contributed by atoms with E-state index in [9.17, 15) is 4.39 Å². The van der Waals surface area contributed by atoms with Gasteiger partial charge >= 0.3 is 0 Å². The molecule has 1 aromatic carbocycles. The van der Waals surface area contributed by atoms with Crippen molar-refractivity contribution in [2.75, 3.05) is 5.88 Å². The Morgan fingerprint density at radius 1 is 1.46 bits per heavy atom. The van der Waals surface area contributed by atoms with Gasteiger partial charge in [0.25, 0.3) is 0 Å². The first-order chi connectivity index (χ1) is 6.15. The van der Waals surface area contributed by atoms with Crippen LogP contribution in [0.5, 0.6) is 0 Å². The smallest absolute Gasteiger partial charge is 0.141 e. The van der Waals surface area contributed by atoms with Crippen LogP contribution in [-0.4, -0.2) is 5.88 Å². The van der Waals surface area contributed by atoms with Crippen LogP contribution in [0.25, 0.3) is 0 Å². The molecule has 0 heterocycles. The summed E-state index contributed by atoms with van der Waals surface area (Å²) in [6.07, 6.45) is 0.656. The van der Waals surface area contributed by atoms with E-state index in [0.717, 1.165) is 5.56 Å². The Labute approximate surface area is 86.6 Å². The monoisotopic (exact) mass is 221 g/mol. The molecule has 0 aliphatic rings. The first kappa shape index (κ1) is 10.8. The molecule has 1 unspecified atom stereocenters. The molecule has 0 bridgehead atoms. The second kappa shape index (κ2) is 4.80. The predicted octanol–water partition coefficient (Wildman–Crippen LogP) is 3.11. The lowest BCUT2D eigenvalue weighted by atomic mass is 10.1. The Balaban J connectivity index is 2.84. The molecule has 0 spiro atoms. The van der Waals surface area contributed by atoms with Crippen molar-refractivity contribution in [3.05, 3.63) is 34.6 Å². The molecule has 0 saturated heterocycles. The molecule has 72 valence electrons. The summed E-state index contributed by atoms with van der Waals surface area (Å²) >= 11 is 11.1. The molecule has 0 fully saturated rings. The van der Waals surface area contributed by atoms with Crippen LogP contribution >= 0.6 is 23.2 Å². The summed E-state index contributed by atoms with van der Waals surface area (Å²) in [6, 6.07) is 4.30. The van der Waals surface area contributed by atoms with Crippen LogP contribution in [0, 0.1) is 5.82 Å².